The quantitative estimate of drug-likeness (QED) is 0.921. The molecular formula is C15H15BrFNO. The van der Waals surface area contributed by atoms with E-state index in [-0.39, 0.29) is 11.9 Å². The fraction of sp³-hybridized carbons (Fsp3) is 0.200. The molecule has 0 aliphatic heterocycles. The second-order valence-corrected chi connectivity index (χ2v) is 5.02. The van der Waals surface area contributed by atoms with E-state index >= 15 is 0 Å². The van der Waals surface area contributed by atoms with Crippen molar-refractivity contribution < 1.29 is 9.13 Å². The highest BCUT2D eigenvalue weighted by atomic mass is 79.9. The first-order valence-electron chi connectivity index (χ1n) is 5.92. The molecule has 0 saturated heterocycles. The van der Waals surface area contributed by atoms with E-state index in [1.807, 2.05) is 31.3 Å². The zero-order valence-corrected chi connectivity index (χ0v) is 12.4. The average molecular weight is 324 g/mol. The SMILES string of the molecule is CNC(c1cccc(F)c1)c1ccc(OC)cc1Br. The van der Waals surface area contributed by atoms with Crippen LogP contribution in [0, 0.1) is 5.82 Å². The van der Waals surface area contributed by atoms with Gasteiger partial charge < -0.3 is 10.1 Å². The van der Waals surface area contributed by atoms with Crippen molar-refractivity contribution in [3.8, 4) is 5.75 Å². The van der Waals surface area contributed by atoms with E-state index < -0.39 is 0 Å². The Morgan fingerprint density at radius 3 is 2.58 bits per heavy atom. The van der Waals surface area contributed by atoms with Gasteiger partial charge >= 0.3 is 0 Å². The predicted octanol–water partition coefficient (Wildman–Crippen LogP) is 3.91. The van der Waals surface area contributed by atoms with E-state index in [0.717, 1.165) is 21.3 Å². The van der Waals surface area contributed by atoms with Gasteiger partial charge in [0, 0.05) is 4.47 Å². The van der Waals surface area contributed by atoms with Gasteiger partial charge in [0.05, 0.1) is 13.2 Å². The van der Waals surface area contributed by atoms with Crippen LogP contribution >= 0.6 is 15.9 Å². The average Bonchev–Trinajstić information content (AvgIpc) is 2.41. The zero-order chi connectivity index (χ0) is 13.8. The molecule has 0 amide bonds. The van der Waals surface area contributed by atoms with Gasteiger partial charge in [0.1, 0.15) is 11.6 Å². The standard InChI is InChI=1S/C15H15BrFNO/c1-18-15(10-4-3-5-11(17)8-10)13-7-6-12(19-2)9-14(13)16/h3-9,15,18H,1-2H3. The van der Waals surface area contributed by atoms with Crippen molar-refractivity contribution in [2.45, 2.75) is 6.04 Å². The Kier molecular flexibility index (Phi) is 4.56. The van der Waals surface area contributed by atoms with Crippen LogP contribution in [0.5, 0.6) is 5.75 Å². The molecule has 19 heavy (non-hydrogen) atoms. The Hall–Kier alpha value is -1.39. The summed E-state index contributed by atoms with van der Waals surface area (Å²) >= 11 is 3.53. The fourth-order valence-corrected chi connectivity index (χ4v) is 2.64. The minimum atomic E-state index is -0.234. The Labute approximate surface area is 120 Å². The van der Waals surface area contributed by atoms with Gasteiger partial charge in [-0.3, -0.25) is 0 Å². The van der Waals surface area contributed by atoms with Gasteiger partial charge in [-0.2, -0.15) is 0 Å². The van der Waals surface area contributed by atoms with E-state index in [2.05, 4.69) is 21.2 Å². The molecule has 2 rings (SSSR count). The first kappa shape index (κ1) is 14.0. The van der Waals surface area contributed by atoms with E-state index in [9.17, 15) is 4.39 Å². The van der Waals surface area contributed by atoms with Crippen LogP contribution in [0.3, 0.4) is 0 Å². The fourth-order valence-electron chi connectivity index (χ4n) is 2.06. The van der Waals surface area contributed by atoms with E-state index in [1.165, 1.54) is 12.1 Å². The lowest BCUT2D eigenvalue weighted by Crippen LogP contribution is -2.18. The van der Waals surface area contributed by atoms with Crippen LogP contribution in [0.1, 0.15) is 17.2 Å². The van der Waals surface area contributed by atoms with Crippen molar-refractivity contribution in [2.75, 3.05) is 14.2 Å². The molecule has 1 unspecified atom stereocenters. The zero-order valence-electron chi connectivity index (χ0n) is 10.8. The molecule has 1 N–H and O–H groups in total. The molecular weight excluding hydrogens is 309 g/mol. The van der Waals surface area contributed by atoms with E-state index in [1.54, 1.807) is 13.2 Å². The van der Waals surface area contributed by atoms with Crippen LogP contribution < -0.4 is 10.1 Å². The van der Waals surface area contributed by atoms with Crippen molar-refractivity contribution in [1.82, 2.24) is 5.32 Å². The summed E-state index contributed by atoms with van der Waals surface area (Å²) in [5.41, 5.74) is 1.92. The molecule has 1 atom stereocenters. The monoisotopic (exact) mass is 323 g/mol. The first-order valence-corrected chi connectivity index (χ1v) is 6.71. The smallest absolute Gasteiger partial charge is 0.123 e. The minimum Gasteiger partial charge on any atom is -0.497 e. The third-order valence-corrected chi connectivity index (χ3v) is 3.68. The number of rotatable bonds is 4. The summed E-state index contributed by atoms with van der Waals surface area (Å²) in [6.45, 7) is 0. The molecule has 0 aliphatic rings. The Balaban J connectivity index is 2.42. The second kappa shape index (κ2) is 6.17. The Morgan fingerprint density at radius 1 is 1.21 bits per heavy atom. The summed E-state index contributed by atoms with van der Waals surface area (Å²) in [5.74, 6) is 0.548. The number of ether oxygens (including phenoxy) is 1. The molecule has 0 heterocycles. The summed E-state index contributed by atoms with van der Waals surface area (Å²) in [5, 5.41) is 3.20. The molecule has 0 radical (unpaired) electrons. The number of methoxy groups -OCH3 is 1. The van der Waals surface area contributed by atoms with Gasteiger partial charge in [-0.05, 0) is 42.4 Å². The highest BCUT2D eigenvalue weighted by Crippen LogP contribution is 2.31. The second-order valence-electron chi connectivity index (χ2n) is 4.16. The molecule has 0 spiro atoms. The van der Waals surface area contributed by atoms with Gasteiger partial charge in [-0.25, -0.2) is 4.39 Å². The molecule has 0 bridgehead atoms. The molecule has 2 aromatic rings. The van der Waals surface area contributed by atoms with Gasteiger partial charge in [0.2, 0.25) is 0 Å². The molecule has 2 nitrogen and oxygen atoms in total. The maximum Gasteiger partial charge on any atom is 0.123 e. The number of nitrogens with one attached hydrogen (secondary N) is 1. The molecule has 0 fully saturated rings. The summed E-state index contributed by atoms with van der Waals surface area (Å²) in [7, 11) is 3.48. The maximum atomic E-state index is 13.3. The summed E-state index contributed by atoms with van der Waals surface area (Å²) in [4.78, 5) is 0. The van der Waals surface area contributed by atoms with Crippen molar-refractivity contribution >= 4 is 15.9 Å². The summed E-state index contributed by atoms with van der Waals surface area (Å²) in [6.07, 6.45) is 0. The number of hydrogen-bond acceptors (Lipinski definition) is 2. The van der Waals surface area contributed by atoms with Gasteiger partial charge in [-0.1, -0.05) is 34.1 Å². The largest absolute Gasteiger partial charge is 0.497 e. The lowest BCUT2D eigenvalue weighted by Gasteiger charge is -2.19. The van der Waals surface area contributed by atoms with Gasteiger partial charge in [0.25, 0.3) is 0 Å². The highest BCUT2D eigenvalue weighted by Gasteiger charge is 2.15. The predicted molar refractivity (Wildman–Crippen MR) is 78.0 cm³/mol. The highest BCUT2D eigenvalue weighted by molar-refractivity contribution is 9.10. The van der Waals surface area contributed by atoms with E-state index in [4.69, 9.17) is 4.74 Å². The third-order valence-electron chi connectivity index (χ3n) is 2.99. The molecule has 0 aromatic heterocycles. The molecule has 4 heteroatoms. The molecule has 100 valence electrons. The van der Waals surface area contributed by atoms with E-state index in [0.29, 0.717) is 0 Å². The van der Waals surface area contributed by atoms with Crippen molar-refractivity contribution in [3.63, 3.8) is 0 Å². The lowest BCUT2D eigenvalue weighted by molar-refractivity contribution is 0.414. The normalized spacial score (nSPS) is 12.2. The van der Waals surface area contributed by atoms with Crippen LogP contribution in [0.25, 0.3) is 0 Å². The Morgan fingerprint density at radius 2 is 2.00 bits per heavy atom. The first-order chi connectivity index (χ1) is 9.15. The molecule has 0 aliphatic carbocycles. The van der Waals surface area contributed by atoms with Crippen molar-refractivity contribution in [1.29, 1.82) is 0 Å². The number of hydrogen-bond donors (Lipinski definition) is 1. The minimum absolute atomic E-state index is 0.0732. The van der Waals surface area contributed by atoms with Crippen molar-refractivity contribution in [3.05, 3.63) is 63.9 Å². The molecule has 2 aromatic carbocycles. The number of benzene rings is 2. The van der Waals surface area contributed by atoms with Crippen LogP contribution in [0.2, 0.25) is 0 Å². The van der Waals surface area contributed by atoms with Gasteiger partial charge in [0.15, 0.2) is 0 Å². The van der Waals surface area contributed by atoms with Crippen LogP contribution in [-0.4, -0.2) is 14.2 Å². The summed E-state index contributed by atoms with van der Waals surface area (Å²) in [6, 6.07) is 12.3. The topological polar surface area (TPSA) is 21.3 Å². The van der Waals surface area contributed by atoms with Crippen LogP contribution in [-0.2, 0) is 0 Å². The van der Waals surface area contributed by atoms with Crippen LogP contribution in [0.4, 0.5) is 4.39 Å². The van der Waals surface area contributed by atoms with Crippen LogP contribution in [0.15, 0.2) is 46.9 Å². The van der Waals surface area contributed by atoms with Gasteiger partial charge in [-0.15, -0.1) is 0 Å². The maximum absolute atomic E-state index is 13.3. The molecule has 0 saturated carbocycles. The third kappa shape index (κ3) is 3.14. The lowest BCUT2D eigenvalue weighted by atomic mass is 9.99. The van der Waals surface area contributed by atoms with Crippen molar-refractivity contribution in [2.24, 2.45) is 0 Å². The number of halogens is 2. The Bertz CT molecular complexity index is 574. The summed E-state index contributed by atoms with van der Waals surface area (Å²) < 4.78 is 19.4.